The van der Waals surface area contributed by atoms with Crippen LogP contribution in [-0.2, 0) is 6.42 Å². The standard InChI is InChI=1S/C16H24N2O2/c1-12(11-19)17-16(20)18-15-9-5-8-14(15)10-13-6-3-2-4-7-13/h2-4,6-7,12,14-15,19H,5,8-11H2,1H3,(H2,17,18,20). The molecule has 20 heavy (non-hydrogen) atoms. The number of amides is 2. The number of hydrogen-bond donors (Lipinski definition) is 3. The van der Waals surface area contributed by atoms with E-state index in [1.807, 2.05) is 6.07 Å². The Morgan fingerprint density at radius 3 is 2.80 bits per heavy atom. The fourth-order valence-corrected chi connectivity index (χ4v) is 2.87. The number of aliphatic hydroxyl groups excluding tert-OH is 1. The van der Waals surface area contributed by atoms with Gasteiger partial charge in [0.05, 0.1) is 12.6 Å². The van der Waals surface area contributed by atoms with Crippen LogP contribution in [0.15, 0.2) is 30.3 Å². The second-order valence-corrected chi connectivity index (χ2v) is 5.69. The number of rotatable bonds is 5. The van der Waals surface area contributed by atoms with E-state index in [1.54, 1.807) is 6.92 Å². The molecule has 0 heterocycles. The highest BCUT2D eigenvalue weighted by atomic mass is 16.3. The van der Waals surface area contributed by atoms with Crippen LogP contribution in [0, 0.1) is 5.92 Å². The minimum Gasteiger partial charge on any atom is -0.394 e. The highest BCUT2D eigenvalue weighted by Gasteiger charge is 2.28. The molecule has 2 amide bonds. The van der Waals surface area contributed by atoms with Crippen LogP contribution in [-0.4, -0.2) is 29.8 Å². The summed E-state index contributed by atoms with van der Waals surface area (Å²) in [6.07, 6.45) is 4.38. The summed E-state index contributed by atoms with van der Waals surface area (Å²) >= 11 is 0. The lowest BCUT2D eigenvalue weighted by molar-refractivity contribution is 0.215. The molecule has 1 aromatic carbocycles. The van der Waals surface area contributed by atoms with Gasteiger partial charge in [-0.3, -0.25) is 0 Å². The van der Waals surface area contributed by atoms with E-state index in [0.29, 0.717) is 5.92 Å². The van der Waals surface area contributed by atoms with Gasteiger partial charge in [0, 0.05) is 6.04 Å². The summed E-state index contributed by atoms with van der Waals surface area (Å²) in [7, 11) is 0. The van der Waals surface area contributed by atoms with Crippen molar-refractivity contribution in [2.45, 2.75) is 44.7 Å². The molecule has 3 atom stereocenters. The Balaban J connectivity index is 1.86. The van der Waals surface area contributed by atoms with E-state index in [0.717, 1.165) is 25.7 Å². The number of benzene rings is 1. The van der Waals surface area contributed by atoms with Crippen LogP contribution < -0.4 is 10.6 Å². The van der Waals surface area contributed by atoms with E-state index in [-0.39, 0.29) is 24.7 Å². The third kappa shape index (κ3) is 4.23. The maximum atomic E-state index is 11.8. The number of aliphatic hydroxyl groups is 1. The molecule has 0 saturated heterocycles. The van der Waals surface area contributed by atoms with Crippen LogP contribution in [0.5, 0.6) is 0 Å². The third-order valence-electron chi connectivity index (χ3n) is 3.97. The molecule has 3 unspecified atom stereocenters. The van der Waals surface area contributed by atoms with Gasteiger partial charge in [-0.05, 0) is 37.7 Å². The Hall–Kier alpha value is -1.55. The minimum atomic E-state index is -0.205. The van der Waals surface area contributed by atoms with Crippen molar-refractivity contribution in [3.05, 3.63) is 35.9 Å². The molecule has 0 radical (unpaired) electrons. The van der Waals surface area contributed by atoms with Gasteiger partial charge in [-0.25, -0.2) is 4.79 Å². The lowest BCUT2D eigenvalue weighted by Crippen LogP contribution is -2.47. The smallest absolute Gasteiger partial charge is 0.315 e. The Bertz CT molecular complexity index is 422. The average Bonchev–Trinajstić information content (AvgIpc) is 2.86. The number of urea groups is 1. The molecule has 3 N–H and O–H groups in total. The zero-order valence-corrected chi connectivity index (χ0v) is 12.0. The zero-order chi connectivity index (χ0) is 14.4. The molecule has 1 aliphatic rings. The number of carbonyl (C=O) groups is 1. The van der Waals surface area contributed by atoms with E-state index >= 15 is 0 Å². The van der Waals surface area contributed by atoms with Gasteiger partial charge in [-0.2, -0.15) is 0 Å². The van der Waals surface area contributed by atoms with E-state index < -0.39 is 0 Å². The Labute approximate surface area is 120 Å². The van der Waals surface area contributed by atoms with Gasteiger partial charge in [-0.1, -0.05) is 36.8 Å². The van der Waals surface area contributed by atoms with Crippen molar-refractivity contribution in [2.24, 2.45) is 5.92 Å². The van der Waals surface area contributed by atoms with Gasteiger partial charge in [0.15, 0.2) is 0 Å². The molecule has 0 aliphatic heterocycles. The van der Waals surface area contributed by atoms with Gasteiger partial charge in [-0.15, -0.1) is 0 Å². The monoisotopic (exact) mass is 276 g/mol. The average molecular weight is 276 g/mol. The summed E-state index contributed by atoms with van der Waals surface area (Å²) in [6, 6.07) is 10.3. The minimum absolute atomic E-state index is 0.0362. The molecule has 1 fully saturated rings. The fraction of sp³-hybridized carbons (Fsp3) is 0.562. The summed E-state index contributed by atoms with van der Waals surface area (Å²) in [4.78, 5) is 11.8. The van der Waals surface area contributed by atoms with Crippen molar-refractivity contribution < 1.29 is 9.90 Å². The summed E-state index contributed by atoms with van der Waals surface area (Å²) < 4.78 is 0. The van der Waals surface area contributed by atoms with Gasteiger partial charge >= 0.3 is 6.03 Å². The summed E-state index contributed by atoms with van der Waals surface area (Å²) in [6.45, 7) is 1.75. The summed E-state index contributed by atoms with van der Waals surface area (Å²) in [5.41, 5.74) is 1.33. The first kappa shape index (κ1) is 14.9. The molecule has 1 saturated carbocycles. The van der Waals surface area contributed by atoms with Crippen molar-refractivity contribution in [3.63, 3.8) is 0 Å². The molecule has 0 spiro atoms. The maximum absolute atomic E-state index is 11.8. The second kappa shape index (κ2) is 7.29. The lowest BCUT2D eigenvalue weighted by atomic mass is 9.95. The normalized spacial score (nSPS) is 23.3. The second-order valence-electron chi connectivity index (χ2n) is 5.69. The maximum Gasteiger partial charge on any atom is 0.315 e. The number of nitrogens with one attached hydrogen (secondary N) is 2. The third-order valence-corrected chi connectivity index (χ3v) is 3.97. The quantitative estimate of drug-likeness (QED) is 0.771. The Morgan fingerprint density at radius 1 is 1.35 bits per heavy atom. The number of carbonyl (C=O) groups excluding carboxylic acids is 1. The molecule has 1 aliphatic carbocycles. The SMILES string of the molecule is CC(CO)NC(=O)NC1CCCC1Cc1ccccc1. The molecule has 1 aromatic rings. The predicted octanol–water partition coefficient (Wildman–Crippen LogP) is 2.08. The summed E-state index contributed by atoms with van der Waals surface area (Å²) in [5.74, 6) is 0.507. The van der Waals surface area contributed by atoms with Crippen LogP contribution in [0.4, 0.5) is 4.79 Å². The van der Waals surface area contributed by atoms with Crippen molar-refractivity contribution in [3.8, 4) is 0 Å². The first-order valence-electron chi connectivity index (χ1n) is 7.41. The number of hydrogen-bond acceptors (Lipinski definition) is 2. The first-order valence-corrected chi connectivity index (χ1v) is 7.41. The van der Waals surface area contributed by atoms with Gasteiger partial charge in [0.2, 0.25) is 0 Å². The fourth-order valence-electron chi connectivity index (χ4n) is 2.87. The molecule has 0 bridgehead atoms. The van der Waals surface area contributed by atoms with E-state index in [2.05, 4.69) is 34.9 Å². The molecule has 4 heteroatoms. The molecule has 110 valence electrons. The van der Waals surface area contributed by atoms with Crippen LogP contribution in [0.1, 0.15) is 31.7 Å². The van der Waals surface area contributed by atoms with Crippen LogP contribution in [0.3, 0.4) is 0 Å². The van der Waals surface area contributed by atoms with Crippen molar-refractivity contribution in [1.82, 2.24) is 10.6 Å². The van der Waals surface area contributed by atoms with Gasteiger partial charge in [0.1, 0.15) is 0 Å². The topological polar surface area (TPSA) is 61.4 Å². The molecular formula is C16H24N2O2. The highest BCUT2D eigenvalue weighted by molar-refractivity contribution is 5.74. The lowest BCUT2D eigenvalue weighted by Gasteiger charge is -2.22. The van der Waals surface area contributed by atoms with Gasteiger partial charge < -0.3 is 15.7 Å². The zero-order valence-electron chi connectivity index (χ0n) is 12.0. The van der Waals surface area contributed by atoms with E-state index in [1.165, 1.54) is 5.56 Å². The van der Waals surface area contributed by atoms with Crippen LogP contribution >= 0.6 is 0 Å². The van der Waals surface area contributed by atoms with Crippen molar-refractivity contribution in [1.29, 1.82) is 0 Å². The molecule has 4 nitrogen and oxygen atoms in total. The predicted molar refractivity (Wildman–Crippen MR) is 79.5 cm³/mol. The van der Waals surface area contributed by atoms with Crippen molar-refractivity contribution >= 4 is 6.03 Å². The summed E-state index contributed by atoms with van der Waals surface area (Å²) in [5, 5.41) is 14.7. The van der Waals surface area contributed by atoms with Crippen molar-refractivity contribution in [2.75, 3.05) is 6.61 Å². The van der Waals surface area contributed by atoms with E-state index in [9.17, 15) is 4.79 Å². The van der Waals surface area contributed by atoms with Gasteiger partial charge in [0.25, 0.3) is 0 Å². The molecular weight excluding hydrogens is 252 g/mol. The van der Waals surface area contributed by atoms with E-state index in [4.69, 9.17) is 5.11 Å². The van der Waals surface area contributed by atoms with Crippen LogP contribution in [0.25, 0.3) is 0 Å². The first-order chi connectivity index (χ1) is 9.69. The Morgan fingerprint density at radius 2 is 2.10 bits per heavy atom. The Kier molecular flexibility index (Phi) is 5.41. The largest absolute Gasteiger partial charge is 0.394 e. The highest BCUT2D eigenvalue weighted by Crippen LogP contribution is 2.28. The van der Waals surface area contributed by atoms with Crippen LogP contribution in [0.2, 0.25) is 0 Å². The molecule has 0 aromatic heterocycles. The molecule has 2 rings (SSSR count).